The first-order valence-electron chi connectivity index (χ1n) is 13.6. The quantitative estimate of drug-likeness (QED) is 0.424. The van der Waals surface area contributed by atoms with Gasteiger partial charge >= 0.3 is 5.97 Å². The molecule has 0 aromatic heterocycles. The topological polar surface area (TPSA) is 86.7 Å². The number of carbonyl (C=O) groups excluding carboxylic acids is 2. The van der Waals surface area contributed by atoms with E-state index in [1.165, 1.54) is 11.1 Å². The number of carboxylic acid groups (broad SMARTS) is 1. The minimum atomic E-state index is -1.07. The van der Waals surface area contributed by atoms with Crippen molar-refractivity contribution in [3.05, 3.63) is 94.0 Å². The number of carboxylic acids is 1. The normalized spacial score (nSPS) is 16.0. The van der Waals surface area contributed by atoms with Crippen molar-refractivity contribution in [3.8, 4) is 11.1 Å². The fourth-order valence-electron chi connectivity index (χ4n) is 5.47. The van der Waals surface area contributed by atoms with Gasteiger partial charge < -0.3 is 15.3 Å². The van der Waals surface area contributed by atoms with Gasteiger partial charge in [0.05, 0.1) is 12.3 Å². The van der Waals surface area contributed by atoms with Crippen LogP contribution >= 0.6 is 0 Å². The molecule has 6 nitrogen and oxygen atoms in total. The monoisotopic (exact) mass is 526 g/mol. The van der Waals surface area contributed by atoms with Gasteiger partial charge in [-0.1, -0.05) is 71.8 Å². The zero-order valence-electron chi connectivity index (χ0n) is 23.3. The van der Waals surface area contributed by atoms with Gasteiger partial charge in [0.15, 0.2) is 0 Å². The van der Waals surface area contributed by atoms with Crippen LogP contribution in [0.25, 0.3) is 11.1 Å². The second-order valence-corrected chi connectivity index (χ2v) is 10.9. The average molecular weight is 527 g/mol. The molecule has 6 heteroatoms. The van der Waals surface area contributed by atoms with Gasteiger partial charge in [0.2, 0.25) is 11.8 Å². The van der Waals surface area contributed by atoms with E-state index in [2.05, 4.69) is 41.7 Å². The summed E-state index contributed by atoms with van der Waals surface area (Å²) in [5.74, 6) is -1.79. The number of nitrogens with zero attached hydrogens (tertiary/aromatic N) is 1. The number of hydrogen-bond acceptors (Lipinski definition) is 3. The Bertz CT molecular complexity index is 1320. The van der Waals surface area contributed by atoms with E-state index in [1.54, 1.807) is 4.90 Å². The molecule has 39 heavy (non-hydrogen) atoms. The van der Waals surface area contributed by atoms with Crippen LogP contribution in [0, 0.1) is 33.6 Å². The van der Waals surface area contributed by atoms with Crippen LogP contribution in [0.15, 0.2) is 60.7 Å². The van der Waals surface area contributed by atoms with Gasteiger partial charge in [0, 0.05) is 19.5 Å². The van der Waals surface area contributed by atoms with Crippen LogP contribution < -0.4 is 5.32 Å². The Balaban J connectivity index is 1.37. The zero-order chi connectivity index (χ0) is 28.1. The molecule has 0 spiro atoms. The molecule has 0 saturated carbocycles. The second-order valence-electron chi connectivity index (χ2n) is 10.9. The molecule has 0 radical (unpaired) electrons. The van der Waals surface area contributed by atoms with Gasteiger partial charge in [0.1, 0.15) is 6.04 Å². The SMILES string of the molecule is Cc1ccc(-c2ccc(C[C@H](NC(=O)C3CCCN(C(=O)Cc4c(C)cc(C)cc4C)C3)C(=O)O)cc2)cc1. The van der Waals surface area contributed by atoms with Crippen LogP contribution in [-0.2, 0) is 27.2 Å². The number of aliphatic carboxylic acids is 1. The number of carbonyl (C=O) groups is 3. The molecule has 3 aromatic carbocycles. The summed E-state index contributed by atoms with van der Waals surface area (Å²) in [5.41, 5.74) is 8.59. The lowest BCUT2D eigenvalue weighted by molar-refractivity contribution is -0.143. The highest BCUT2D eigenvalue weighted by atomic mass is 16.4. The Morgan fingerprint density at radius 3 is 2.08 bits per heavy atom. The third kappa shape index (κ3) is 7.14. The van der Waals surface area contributed by atoms with E-state index in [0.717, 1.165) is 33.4 Å². The molecule has 3 aromatic rings. The van der Waals surface area contributed by atoms with E-state index >= 15 is 0 Å². The molecule has 2 amide bonds. The molecule has 1 fully saturated rings. The van der Waals surface area contributed by atoms with Crippen LogP contribution in [0.5, 0.6) is 0 Å². The molecule has 0 bridgehead atoms. The molecule has 4 rings (SSSR count). The maximum Gasteiger partial charge on any atom is 0.326 e. The van der Waals surface area contributed by atoms with Gasteiger partial charge in [-0.05, 0) is 73.9 Å². The number of piperidine rings is 1. The van der Waals surface area contributed by atoms with Crippen LogP contribution in [0.1, 0.15) is 46.2 Å². The third-order valence-corrected chi connectivity index (χ3v) is 7.71. The maximum absolute atomic E-state index is 13.1. The van der Waals surface area contributed by atoms with Crippen molar-refractivity contribution >= 4 is 17.8 Å². The largest absolute Gasteiger partial charge is 0.480 e. The molecule has 2 atom stereocenters. The number of nitrogens with one attached hydrogen (secondary N) is 1. The lowest BCUT2D eigenvalue weighted by atomic mass is 9.94. The van der Waals surface area contributed by atoms with Crippen molar-refractivity contribution in [1.82, 2.24) is 10.2 Å². The predicted molar refractivity (Wildman–Crippen MR) is 154 cm³/mol. The van der Waals surface area contributed by atoms with Gasteiger partial charge in [-0.3, -0.25) is 9.59 Å². The summed E-state index contributed by atoms with van der Waals surface area (Å²) in [6.45, 7) is 9.07. The molecule has 1 aliphatic rings. The Labute approximate surface area is 231 Å². The highest BCUT2D eigenvalue weighted by Gasteiger charge is 2.31. The Morgan fingerprint density at radius 1 is 0.897 bits per heavy atom. The molecule has 1 heterocycles. The summed E-state index contributed by atoms with van der Waals surface area (Å²) in [6, 6.07) is 19.2. The van der Waals surface area contributed by atoms with Gasteiger partial charge in [0.25, 0.3) is 0 Å². The number of benzene rings is 3. The molecule has 0 aliphatic carbocycles. The minimum absolute atomic E-state index is 0.00556. The van der Waals surface area contributed by atoms with Gasteiger partial charge in [-0.2, -0.15) is 0 Å². The highest BCUT2D eigenvalue weighted by Crippen LogP contribution is 2.23. The fraction of sp³-hybridized carbons (Fsp3) is 0.364. The van der Waals surface area contributed by atoms with E-state index < -0.39 is 17.9 Å². The summed E-state index contributed by atoms with van der Waals surface area (Å²) in [4.78, 5) is 40.1. The van der Waals surface area contributed by atoms with Crippen molar-refractivity contribution in [2.75, 3.05) is 13.1 Å². The molecule has 1 unspecified atom stereocenters. The predicted octanol–water partition coefficient (Wildman–Crippen LogP) is 5.18. The first-order valence-corrected chi connectivity index (χ1v) is 13.6. The summed E-state index contributed by atoms with van der Waals surface area (Å²) < 4.78 is 0. The zero-order valence-corrected chi connectivity index (χ0v) is 23.3. The number of aryl methyl sites for hydroxylation is 4. The first-order chi connectivity index (χ1) is 18.6. The van der Waals surface area contributed by atoms with Crippen molar-refractivity contribution in [3.63, 3.8) is 0 Å². The summed E-state index contributed by atoms with van der Waals surface area (Å²) in [7, 11) is 0. The average Bonchev–Trinajstić information content (AvgIpc) is 2.91. The molecule has 2 N–H and O–H groups in total. The molecule has 1 aliphatic heterocycles. The van der Waals surface area contributed by atoms with E-state index in [4.69, 9.17) is 0 Å². The van der Waals surface area contributed by atoms with E-state index in [9.17, 15) is 19.5 Å². The van der Waals surface area contributed by atoms with Gasteiger partial charge in [-0.15, -0.1) is 0 Å². The Morgan fingerprint density at radius 2 is 1.49 bits per heavy atom. The molecular formula is C33H38N2O4. The Kier molecular flexibility index (Phi) is 8.85. The summed E-state index contributed by atoms with van der Waals surface area (Å²) in [6.07, 6.45) is 1.85. The number of hydrogen-bond donors (Lipinski definition) is 2. The third-order valence-electron chi connectivity index (χ3n) is 7.71. The minimum Gasteiger partial charge on any atom is -0.480 e. The van der Waals surface area contributed by atoms with E-state index in [1.807, 2.05) is 52.0 Å². The maximum atomic E-state index is 13.1. The van der Waals surface area contributed by atoms with Crippen LogP contribution in [0.3, 0.4) is 0 Å². The van der Waals surface area contributed by atoms with Crippen molar-refractivity contribution in [2.24, 2.45) is 5.92 Å². The molecular weight excluding hydrogens is 488 g/mol. The fourth-order valence-corrected chi connectivity index (χ4v) is 5.47. The second kappa shape index (κ2) is 12.3. The van der Waals surface area contributed by atoms with Crippen LogP contribution in [0.4, 0.5) is 0 Å². The van der Waals surface area contributed by atoms with Crippen molar-refractivity contribution in [1.29, 1.82) is 0 Å². The van der Waals surface area contributed by atoms with Crippen LogP contribution in [0.2, 0.25) is 0 Å². The van der Waals surface area contributed by atoms with Crippen molar-refractivity contribution < 1.29 is 19.5 Å². The summed E-state index contributed by atoms with van der Waals surface area (Å²) >= 11 is 0. The standard InChI is InChI=1S/C33H38N2O4/c1-21-7-11-26(12-8-21)27-13-9-25(10-14-27)18-30(33(38)39)34-32(37)28-6-5-15-35(20-28)31(36)19-29-23(3)16-22(2)17-24(29)4/h7-14,16-17,28,30H,5-6,15,18-20H2,1-4H3,(H,34,37)(H,38,39)/t28?,30-/m0/s1. The molecule has 1 saturated heterocycles. The Hall–Kier alpha value is -3.93. The number of likely N-dealkylation sites (tertiary alicyclic amines) is 1. The van der Waals surface area contributed by atoms with Crippen molar-refractivity contribution in [2.45, 2.75) is 59.4 Å². The number of rotatable bonds is 8. The smallest absolute Gasteiger partial charge is 0.326 e. The highest BCUT2D eigenvalue weighted by molar-refractivity contribution is 5.86. The van der Waals surface area contributed by atoms with E-state index in [-0.39, 0.29) is 18.2 Å². The molecule has 204 valence electrons. The summed E-state index contributed by atoms with van der Waals surface area (Å²) in [5, 5.41) is 12.6. The first kappa shape index (κ1) is 28.1. The lowest BCUT2D eigenvalue weighted by Crippen LogP contribution is -2.50. The van der Waals surface area contributed by atoms with Gasteiger partial charge in [-0.25, -0.2) is 4.79 Å². The van der Waals surface area contributed by atoms with E-state index in [0.29, 0.717) is 32.4 Å². The number of amides is 2. The lowest BCUT2D eigenvalue weighted by Gasteiger charge is -2.33. The van der Waals surface area contributed by atoms with Crippen LogP contribution in [-0.4, -0.2) is 46.9 Å².